The van der Waals surface area contributed by atoms with Gasteiger partial charge in [-0.15, -0.1) is 0 Å². The van der Waals surface area contributed by atoms with Gasteiger partial charge < -0.3 is 21.9 Å². The molecule has 1 unspecified atom stereocenters. The Bertz CT molecular complexity index is 194. The molecular formula is C8H20N4O2. The second kappa shape index (κ2) is 8.31. The maximum atomic E-state index is 10.3. The Labute approximate surface area is 84.4 Å². The molecule has 0 aliphatic carbocycles. The first-order valence-corrected chi connectivity index (χ1v) is 4.02. The zero-order valence-corrected chi connectivity index (χ0v) is 7.66. The highest BCUT2D eigenvalue weighted by Gasteiger charge is 2.09. The van der Waals surface area contributed by atoms with Gasteiger partial charge in [-0.25, -0.2) is 0 Å². The Kier molecular flexibility index (Phi) is 9.01. The number of aliphatic imine (C=N–C) groups is 1. The smallest absolute Gasteiger partial charge is 0.320 e. The minimum atomic E-state index is -0.975. The largest absolute Gasteiger partial charge is 0.480 e. The molecule has 0 amide bonds. The first-order chi connectivity index (χ1) is 6.07. The van der Waals surface area contributed by atoms with E-state index in [2.05, 4.69) is 10.3 Å². The second-order valence-corrected chi connectivity index (χ2v) is 2.62. The summed E-state index contributed by atoms with van der Waals surface area (Å²) in [6, 6.07) is -0.790. The summed E-state index contributed by atoms with van der Waals surface area (Å²) in [6.45, 7) is 0.587. The fraction of sp³-hybridized carbons (Fsp3) is 0.750. The fourth-order valence-corrected chi connectivity index (χ4v) is 0.741. The Morgan fingerprint density at radius 1 is 1.64 bits per heavy atom. The van der Waals surface area contributed by atoms with Crippen LogP contribution in [0.1, 0.15) is 20.3 Å². The number of nitrogens with two attached hydrogens (primary N) is 2. The molecule has 6 N–H and O–H groups in total. The standard InChI is InChI=1S/C7H16N4O2.CH4/c1-10-7(9)11-4-2-3-5(8)6(12)13;/h5H,2-4,8H2,1H3,(H,12,13)(H3,9,10,11);1H4. The number of nitrogens with zero attached hydrogens (tertiary/aromatic N) is 1. The van der Waals surface area contributed by atoms with E-state index in [1.54, 1.807) is 7.05 Å². The predicted molar refractivity (Wildman–Crippen MR) is 57.1 cm³/mol. The molecule has 0 aromatic rings. The summed E-state index contributed by atoms with van der Waals surface area (Å²) in [5.74, 6) is -0.624. The van der Waals surface area contributed by atoms with Gasteiger partial charge in [0.05, 0.1) is 0 Å². The number of aliphatic carboxylic acids is 1. The molecule has 0 spiro atoms. The highest BCUT2D eigenvalue weighted by atomic mass is 16.4. The van der Waals surface area contributed by atoms with E-state index in [-0.39, 0.29) is 7.43 Å². The molecule has 0 saturated carbocycles. The lowest BCUT2D eigenvalue weighted by molar-refractivity contribution is -0.138. The molecule has 0 heterocycles. The van der Waals surface area contributed by atoms with Gasteiger partial charge in [-0.2, -0.15) is 0 Å². The number of rotatable bonds is 5. The summed E-state index contributed by atoms with van der Waals surface area (Å²) in [5.41, 5.74) is 10.6. The van der Waals surface area contributed by atoms with Crippen LogP contribution in [-0.4, -0.2) is 36.7 Å². The van der Waals surface area contributed by atoms with Gasteiger partial charge in [0.2, 0.25) is 0 Å². The van der Waals surface area contributed by atoms with Crippen molar-refractivity contribution >= 4 is 11.9 Å². The molecule has 0 bridgehead atoms. The van der Waals surface area contributed by atoms with Crippen LogP contribution in [0.3, 0.4) is 0 Å². The van der Waals surface area contributed by atoms with Crippen LogP contribution in [0.25, 0.3) is 0 Å². The molecule has 0 fully saturated rings. The minimum absolute atomic E-state index is 0. The number of carbonyl (C=O) groups is 1. The molecule has 84 valence electrons. The highest BCUT2D eigenvalue weighted by molar-refractivity contribution is 5.77. The SMILES string of the molecule is C.CN=C(N)NCCCC(N)C(=O)O. The number of guanidine groups is 1. The minimum Gasteiger partial charge on any atom is -0.480 e. The van der Waals surface area contributed by atoms with Crippen LogP contribution in [0.4, 0.5) is 0 Å². The van der Waals surface area contributed by atoms with E-state index in [0.717, 1.165) is 0 Å². The van der Waals surface area contributed by atoms with Gasteiger partial charge in [-0.1, -0.05) is 7.43 Å². The van der Waals surface area contributed by atoms with Crippen LogP contribution in [0.15, 0.2) is 4.99 Å². The van der Waals surface area contributed by atoms with Gasteiger partial charge in [-0.3, -0.25) is 9.79 Å². The Balaban J connectivity index is 0. The lowest BCUT2D eigenvalue weighted by Gasteiger charge is -2.07. The third kappa shape index (κ3) is 7.35. The molecule has 1 atom stereocenters. The Morgan fingerprint density at radius 3 is 2.64 bits per heavy atom. The second-order valence-electron chi connectivity index (χ2n) is 2.62. The molecular weight excluding hydrogens is 184 g/mol. The zero-order valence-electron chi connectivity index (χ0n) is 7.66. The van der Waals surface area contributed by atoms with E-state index in [9.17, 15) is 4.79 Å². The molecule has 6 nitrogen and oxygen atoms in total. The van der Waals surface area contributed by atoms with Crippen molar-refractivity contribution in [1.29, 1.82) is 0 Å². The monoisotopic (exact) mass is 204 g/mol. The van der Waals surface area contributed by atoms with Crippen molar-refractivity contribution in [2.75, 3.05) is 13.6 Å². The maximum Gasteiger partial charge on any atom is 0.320 e. The number of hydrogen-bond acceptors (Lipinski definition) is 3. The van der Waals surface area contributed by atoms with Crippen molar-refractivity contribution in [3.05, 3.63) is 0 Å². The first kappa shape index (κ1) is 15.2. The van der Waals surface area contributed by atoms with Gasteiger partial charge >= 0.3 is 5.97 Å². The summed E-state index contributed by atoms with van der Waals surface area (Å²) in [7, 11) is 1.57. The molecule has 0 aromatic carbocycles. The Morgan fingerprint density at radius 2 is 2.21 bits per heavy atom. The lowest BCUT2D eigenvalue weighted by Crippen LogP contribution is -2.34. The number of hydrogen-bond donors (Lipinski definition) is 4. The van der Waals surface area contributed by atoms with Gasteiger partial charge in [0.15, 0.2) is 5.96 Å². The van der Waals surface area contributed by atoms with Gasteiger partial charge in [-0.05, 0) is 12.8 Å². The zero-order chi connectivity index (χ0) is 10.3. The van der Waals surface area contributed by atoms with Gasteiger partial charge in [0.1, 0.15) is 6.04 Å². The average Bonchev–Trinajstić information content (AvgIpc) is 2.11. The van der Waals surface area contributed by atoms with E-state index < -0.39 is 12.0 Å². The summed E-state index contributed by atoms with van der Waals surface area (Å²) < 4.78 is 0. The summed E-state index contributed by atoms with van der Waals surface area (Å²) in [5, 5.41) is 11.2. The van der Waals surface area contributed by atoms with Crippen molar-refractivity contribution in [2.45, 2.75) is 26.3 Å². The van der Waals surface area contributed by atoms with Crippen molar-refractivity contribution in [3.8, 4) is 0 Å². The lowest BCUT2D eigenvalue weighted by atomic mass is 10.2. The van der Waals surface area contributed by atoms with Crippen molar-refractivity contribution < 1.29 is 9.90 Å². The molecule has 0 saturated heterocycles. The third-order valence-corrected chi connectivity index (χ3v) is 1.56. The first-order valence-electron chi connectivity index (χ1n) is 4.02. The maximum absolute atomic E-state index is 10.3. The van der Waals surface area contributed by atoms with Gasteiger partial charge in [0.25, 0.3) is 0 Å². The third-order valence-electron chi connectivity index (χ3n) is 1.56. The average molecular weight is 204 g/mol. The Hall–Kier alpha value is -1.30. The van der Waals surface area contributed by atoms with E-state index >= 15 is 0 Å². The van der Waals surface area contributed by atoms with E-state index in [0.29, 0.717) is 25.3 Å². The fourth-order valence-electron chi connectivity index (χ4n) is 0.741. The molecule has 0 aliphatic heterocycles. The van der Waals surface area contributed by atoms with Crippen molar-refractivity contribution in [2.24, 2.45) is 16.5 Å². The molecule has 0 radical (unpaired) electrons. The van der Waals surface area contributed by atoms with Crippen LogP contribution in [0, 0.1) is 0 Å². The normalized spacial score (nSPS) is 12.9. The topological polar surface area (TPSA) is 114 Å². The van der Waals surface area contributed by atoms with Crippen LogP contribution >= 0.6 is 0 Å². The quantitative estimate of drug-likeness (QED) is 0.270. The van der Waals surface area contributed by atoms with E-state index in [4.69, 9.17) is 16.6 Å². The predicted octanol–water partition coefficient (Wildman–Crippen LogP) is -0.651. The van der Waals surface area contributed by atoms with Crippen LogP contribution in [-0.2, 0) is 4.79 Å². The molecule has 6 heteroatoms. The van der Waals surface area contributed by atoms with E-state index in [1.165, 1.54) is 0 Å². The van der Waals surface area contributed by atoms with Gasteiger partial charge in [0, 0.05) is 13.6 Å². The van der Waals surface area contributed by atoms with Crippen LogP contribution < -0.4 is 16.8 Å². The van der Waals surface area contributed by atoms with Crippen molar-refractivity contribution in [1.82, 2.24) is 5.32 Å². The number of nitrogens with one attached hydrogen (secondary N) is 1. The van der Waals surface area contributed by atoms with Crippen LogP contribution in [0.2, 0.25) is 0 Å². The molecule has 0 aliphatic rings. The number of carboxylic acids is 1. The summed E-state index contributed by atoms with van der Waals surface area (Å²) >= 11 is 0. The molecule has 0 aromatic heterocycles. The highest BCUT2D eigenvalue weighted by Crippen LogP contribution is 1.92. The summed E-state index contributed by atoms with van der Waals surface area (Å²) in [6.07, 6.45) is 1.09. The molecule has 0 rings (SSSR count). The van der Waals surface area contributed by atoms with Crippen LogP contribution in [0.5, 0.6) is 0 Å². The number of carboxylic acid groups (broad SMARTS) is 1. The van der Waals surface area contributed by atoms with Crippen molar-refractivity contribution in [3.63, 3.8) is 0 Å². The summed E-state index contributed by atoms with van der Waals surface area (Å²) in [4.78, 5) is 14.0. The molecule has 14 heavy (non-hydrogen) atoms. The van der Waals surface area contributed by atoms with E-state index in [1.807, 2.05) is 0 Å².